The molecule has 7 nitrogen and oxygen atoms in total. The van der Waals surface area contributed by atoms with Crippen molar-refractivity contribution in [1.29, 1.82) is 0 Å². The Morgan fingerprint density at radius 1 is 1.16 bits per heavy atom. The molecule has 0 spiro atoms. The highest BCUT2D eigenvalue weighted by Crippen LogP contribution is 2.22. The standard InChI is InChI=1S/C13H20N6O.C12H12/c1-8(2)10-7-16-19-11(10)17-13(18-12(19)14)20-9-4-3-5-15-6-9;1-2-10-7-5-8-11-6-3-4-9-12(10)11/h7-9,15H,3-6H2,1-2H3,(H2,14,17,18);3-9H,2H2,1H3. The van der Waals surface area contributed by atoms with Gasteiger partial charge in [-0.1, -0.05) is 63.2 Å². The molecule has 1 fully saturated rings. The van der Waals surface area contributed by atoms with Gasteiger partial charge in [-0.2, -0.15) is 19.6 Å². The van der Waals surface area contributed by atoms with Gasteiger partial charge in [-0.05, 0) is 48.1 Å². The number of aryl methyl sites for hydroxylation is 1. The number of benzene rings is 2. The molecule has 4 aromatic rings. The summed E-state index contributed by atoms with van der Waals surface area (Å²) in [7, 11) is 0. The van der Waals surface area contributed by atoms with Crippen LogP contribution in [0.5, 0.6) is 6.01 Å². The maximum absolute atomic E-state index is 5.93. The lowest BCUT2D eigenvalue weighted by Crippen LogP contribution is -2.37. The van der Waals surface area contributed by atoms with Crippen molar-refractivity contribution >= 4 is 22.4 Å². The summed E-state index contributed by atoms with van der Waals surface area (Å²) < 4.78 is 7.40. The second-order valence-electron chi connectivity index (χ2n) is 8.43. The van der Waals surface area contributed by atoms with Gasteiger partial charge in [-0.3, -0.25) is 0 Å². The highest BCUT2D eigenvalue weighted by atomic mass is 16.5. The Hall–Kier alpha value is -3.19. The lowest BCUT2D eigenvalue weighted by Gasteiger charge is -2.22. The fraction of sp³-hybridized carbons (Fsp3) is 0.400. The van der Waals surface area contributed by atoms with E-state index in [0.717, 1.165) is 43.6 Å². The van der Waals surface area contributed by atoms with E-state index >= 15 is 0 Å². The van der Waals surface area contributed by atoms with Gasteiger partial charge in [0.25, 0.3) is 0 Å². The van der Waals surface area contributed by atoms with Gasteiger partial charge in [-0.15, -0.1) is 0 Å². The fourth-order valence-electron chi connectivity index (χ4n) is 4.03. The zero-order valence-corrected chi connectivity index (χ0v) is 19.1. The molecule has 1 aliphatic rings. The molecule has 1 atom stereocenters. The first-order valence-corrected chi connectivity index (χ1v) is 11.4. The summed E-state index contributed by atoms with van der Waals surface area (Å²) in [4.78, 5) is 8.66. The Balaban J connectivity index is 0.000000174. The molecular weight excluding hydrogens is 400 g/mol. The molecule has 32 heavy (non-hydrogen) atoms. The Labute approximate surface area is 189 Å². The Bertz CT molecular complexity index is 1170. The van der Waals surface area contributed by atoms with E-state index in [1.165, 1.54) is 16.3 Å². The molecule has 0 amide bonds. The zero-order chi connectivity index (χ0) is 22.5. The minimum atomic E-state index is 0.107. The second-order valence-corrected chi connectivity index (χ2v) is 8.43. The van der Waals surface area contributed by atoms with Gasteiger partial charge in [0, 0.05) is 12.1 Å². The third kappa shape index (κ3) is 4.83. The lowest BCUT2D eigenvalue weighted by atomic mass is 10.0. The first kappa shape index (κ1) is 22.0. The SMILES string of the molecule is CC(C)c1cnn2c(N)nc(OC3CCCNC3)nc12.CCc1cccc2ccccc12. The summed E-state index contributed by atoms with van der Waals surface area (Å²) in [6.07, 6.45) is 5.12. The van der Waals surface area contributed by atoms with Crippen molar-refractivity contribution in [2.75, 3.05) is 18.8 Å². The van der Waals surface area contributed by atoms with Gasteiger partial charge in [0.05, 0.1) is 6.20 Å². The van der Waals surface area contributed by atoms with E-state index in [0.29, 0.717) is 17.9 Å². The van der Waals surface area contributed by atoms with Crippen molar-refractivity contribution in [3.05, 3.63) is 59.8 Å². The number of piperidine rings is 1. The van der Waals surface area contributed by atoms with Crippen LogP contribution >= 0.6 is 0 Å². The van der Waals surface area contributed by atoms with Crippen molar-refractivity contribution in [3.8, 4) is 6.01 Å². The molecule has 0 saturated carbocycles. The molecule has 2 aromatic heterocycles. The Morgan fingerprint density at radius 3 is 2.72 bits per heavy atom. The Kier molecular flexibility index (Phi) is 6.85. The third-order valence-electron chi connectivity index (χ3n) is 5.81. The number of anilines is 1. The zero-order valence-electron chi connectivity index (χ0n) is 19.1. The second kappa shape index (κ2) is 9.96. The number of nitrogens with one attached hydrogen (secondary N) is 1. The van der Waals surface area contributed by atoms with Crippen molar-refractivity contribution < 1.29 is 4.74 Å². The largest absolute Gasteiger partial charge is 0.459 e. The van der Waals surface area contributed by atoms with Crippen LogP contribution in [0.25, 0.3) is 16.4 Å². The fourth-order valence-corrected chi connectivity index (χ4v) is 4.03. The quantitative estimate of drug-likeness (QED) is 0.498. The van der Waals surface area contributed by atoms with Crippen LogP contribution in [0.1, 0.15) is 50.7 Å². The first-order valence-electron chi connectivity index (χ1n) is 11.4. The average Bonchev–Trinajstić information content (AvgIpc) is 3.25. The van der Waals surface area contributed by atoms with Gasteiger partial charge < -0.3 is 15.8 Å². The van der Waals surface area contributed by atoms with E-state index in [9.17, 15) is 0 Å². The van der Waals surface area contributed by atoms with E-state index < -0.39 is 0 Å². The average molecular weight is 433 g/mol. The molecule has 1 saturated heterocycles. The summed E-state index contributed by atoms with van der Waals surface area (Å²) in [5, 5.41) is 10.3. The van der Waals surface area contributed by atoms with Crippen molar-refractivity contribution in [2.45, 2.75) is 52.1 Å². The van der Waals surface area contributed by atoms with Crippen LogP contribution in [0.4, 0.5) is 5.95 Å². The monoisotopic (exact) mass is 432 g/mol. The topological polar surface area (TPSA) is 90.4 Å². The van der Waals surface area contributed by atoms with Crippen LogP contribution in [0.2, 0.25) is 0 Å². The predicted molar refractivity (Wildman–Crippen MR) is 129 cm³/mol. The maximum atomic E-state index is 5.93. The molecule has 5 rings (SSSR count). The summed E-state index contributed by atoms with van der Waals surface area (Å²) >= 11 is 0. The number of ether oxygens (including phenoxy) is 1. The minimum absolute atomic E-state index is 0.107. The molecule has 3 heterocycles. The van der Waals surface area contributed by atoms with Crippen LogP contribution in [0.15, 0.2) is 48.7 Å². The molecule has 168 valence electrons. The summed E-state index contributed by atoms with van der Waals surface area (Å²) in [6, 6.07) is 15.4. The van der Waals surface area contributed by atoms with Gasteiger partial charge in [0.1, 0.15) is 6.10 Å². The van der Waals surface area contributed by atoms with E-state index in [2.05, 4.69) is 83.6 Å². The summed E-state index contributed by atoms with van der Waals surface area (Å²) in [6.45, 7) is 8.26. The number of hydrogen-bond donors (Lipinski definition) is 2. The van der Waals surface area contributed by atoms with Gasteiger partial charge >= 0.3 is 6.01 Å². The lowest BCUT2D eigenvalue weighted by molar-refractivity contribution is 0.153. The summed E-state index contributed by atoms with van der Waals surface area (Å²) in [5.74, 6) is 0.631. The van der Waals surface area contributed by atoms with Gasteiger partial charge in [-0.25, -0.2) is 0 Å². The maximum Gasteiger partial charge on any atom is 0.322 e. The molecular formula is C25H32N6O. The van der Waals surface area contributed by atoms with Crippen LogP contribution in [0, 0.1) is 0 Å². The number of hydrogen-bond acceptors (Lipinski definition) is 6. The van der Waals surface area contributed by atoms with Crippen molar-refractivity contribution in [3.63, 3.8) is 0 Å². The van der Waals surface area contributed by atoms with Crippen LogP contribution in [-0.2, 0) is 6.42 Å². The number of nitrogen functional groups attached to an aromatic ring is 1. The van der Waals surface area contributed by atoms with Crippen molar-refractivity contribution in [1.82, 2.24) is 24.9 Å². The molecule has 1 aliphatic heterocycles. The molecule has 1 unspecified atom stereocenters. The predicted octanol–water partition coefficient (Wildman–Crippen LogP) is 4.36. The number of nitrogens with zero attached hydrogens (tertiary/aromatic N) is 4. The first-order chi connectivity index (χ1) is 15.6. The molecule has 2 aromatic carbocycles. The highest BCUT2D eigenvalue weighted by molar-refractivity contribution is 5.85. The number of fused-ring (bicyclic) bond motifs is 2. The van der Waals surface area contributed by atoms with E-state index in [4.69, 9.17) is 10.5 Å². The van der Waals surface area contributed by atoms with E-state index in [1.54, 1.807) is 10.7 Å². The van der Waals surface area contributed by atoms with Gasteiger partial charge in [0.2, 0.25) is 5.95 Å². The van der Waals surface area contributed by atoms with Gasteiger partial charge in [0.15, 0.2) is 5.65 Å². The highest BCUT2D eigenvalue weighted by Gasteiger charge is 2.18. The Morgan fingerprint density at radius 2 is 1.97 bits per heavy atom. The number of rotatable bonds is 4. The minimum Gasteiger partial charge on any atom is -0.459 e. The van der Waals surface area contributed by atoms with Crippen LogP contribution < -0.4 is 15.8 Å². The molecule has 7 heteroatoms. The molecule has 0 radical (unpaired) electrons. The molecule has 3 N–H and O–H groups in total. The third-order valence-corrected chi connectivity index (χ3v) is 5.81. The number of aromatic nitrogens is 4. The normalized spacial score (nSPS) is 16.2. The van der Waals surface area contributed by atoms with Crippen LogP contribution in [-0.4, -0.2) is 38.8 Å². The summed E-state index contributed by atoms with van der Waals surface area (Å²) in [5.41, 5.74) is 9.14. The van der Waals surface area contributed by atoms with E-state index in [1.807, 2.05) is 0 Å². The molecule has 0 bridgehead atoms. The number of nitrogens with two attached hydrogens (primary N) is 1. The smallest absolute Gasteiger partial charge is 0.322 e. The van der Waals surface area contributed by atoms with Crippen LogP contribution in [0.3, 0.4) is 0 Å². The van der Waals surface area contributed by atoms with Crippen molar-refractivity contribution in [2.24, 2.45) is 0 Å². The molecule has 0 aliphatic carbocycles. The van der Waals surface area contributed by atoms with E-state index in [-0.39, 0.29) is 6.10 Å².